The molecule has 0 aromatic rings. The number of likely N-dealkylation sites (tertiary alicyclic amines) is 1. The van der Waals surface area contributed by atoms with Crippen LogP contribution in [0.1, 0.15) is 32.6 Å². The van der Waals surface area contributed by atoms with E-state index in [0.717, 1.165) is 13.0 Å². The van der Waals surface area contributed by atoms with Crippen LogP contribution in [0.2, 0.25) is 0 Å². The Morgan fingerprint density at radius 3 is 2.42 bits per heavy atom. The maximum absolute atomic E-state index is 10.3. The molecule has 0 aromatic carbocycles. The van der Waals surface area contributed by atoms with Crippen LogP contribution in [0.4, 0.5) is 0 Å². The van der Waals surface area contributed by atoms with Gasteiger partial charge in [0.25, 0.3) is 0 Å². The normalized spacial score (nSPS) is 44.8. The number of nitrogens with zero attached hydrogens (tertiary/aromatic N) is 1. The van der Waals surface area contributed by atoms with E-state index in [9.17, 15) is 5.11 Å². The second-order valence-corrected chi connectivity index (χ2v) is 4.70. The number of hydrogen-bond acceptors (Lipinski definition) is 2. The zero-order valence-electron chi connectivity index (χ0n) is 8.08. The van der Waals surface area contributed by atoms with E-state index in [1.54, 1.807) is 0 Å². The van der Waals surface area contributed by atoms with E-state index in [0.29, 0.717) is 12.0 Å². The minimum Gasteiger partial charge on any atom is -0.388 e. The Labute approximate surface area is 74.6 Å². The lowest BCUT2D eigenvalue weighted by Gasteiger charge is -2.38. The summed E-state index contributed by atoms with van der Waals surface area (Å²) in [6.45, 7) is 3.09. The average Bonchev–Trinajstić information content (AvgIpc) is 2.02. The number of likely N-dealkylation sites (N-methyl/N-ethyl adjacent to an activating group) is 1. The number of aliphatic hydroxyl groups is 1. The van der Waals surface area contributed by atoms with Crippen LogP contribution < -0.4 is 0 Å². The summed E-state index contributed by atoms with van der Waals surface area (Å²) in [5.74, 6) is 0.602. The number of hydrogen-bond donors (Lipinski definition) is 1. The van der Waals surface area contributed by atoms with Gasteiger partial charge in [0, 0.05) is 12.6 Å². The lowest BCUT2D eigenvalue weighted by Crippen LogP contribution is -2.43. The fourth-order valence-electron chi connectivity index (χ4n) is 2.56. The van der Waals surface area contributed by atoms with Crippen molar-refractivity contribution in [3.8, 4) is 0 Å². The molecule has 0 radical (unpaired) electrons. The summed E-state index contributed by atoms with van der Waals surface area (Å²) in [5.41, 5.74) is -0.341. The summed E-state index contributed by atoms with van der Waals surface area (Å²) in [6.07, 6.45) is 4.80. The molecule has 0 aromatic heterocycles. The van der Waals surface area contributed by atoms with Gasteiger partial charge in [-0.1, -0.05) is 6.42 Å². The molecule has 0 bridgehead atoms. The predicted molar refractivity (Wildman–Crippen MR) is 49.0 cm³/mol. The zero-order valence-corrected chi connectivity index (χ0v) is 8.08. The van der Waals surface area contributed by atoms with Crippen LogP contribution in [0.5, 0.6) is 0 Å². The molecule has 1 aliphatic carbocycles. The summed E-state index contributed by atoms with van der Waals surface area (Å²) < 4.78 is 0. The third kappa shape index (κ3) is 1.17. The van der Waals surface area contributed by atoms with E-state index in [4.69, 9.17) is 0 Å². The molecule has 2 unspecified atom stereocenters. The van der Waals surface area contributed by atoms with Crippen molar-refractivity contribution in [2.45, 2.75) is 44.2 Å². The first kappa shape index (κ1) is 8.52. The van der Waals surface area contributed by atoms with E-state index < -0.39 is 0 Å². The van der Waals surface area contributed by atoms with Crippen molar-refractivity contribution in [1.29, 1.82) is 0 Å². The molecule has 2 heteroatoms. The fraction of sp³-hybridized carbons (Fsp3) is 1.00. The Morgan fingerprint density at radius 2 is 2.08 bits per heavy atom. The van der Waals surface area contributed by atoms with Crippen molar-refractivity contribution < 1.29 is 5.11 Å². The molecule has 2 nitrogen and oxygen atoms in total. The van der Waals surface area contributed by atoms with Gasteiger partial charge in [-0.15, -0.1) is 0 Å². The zero-order chi connectivity index (χ0) is 8.77. The first-order valence-electron chi connectivity index (χ1n) is 5.04. The molecule has 1 saturated heterocycles. The summed E-state index contributed by atoms with van der Waals surface area (Å²) in [7, 11) is 2.11. The Hall–Kier alpha value is -0.0800. The number of β-amino-alcohol motifs (C(OH)–C–C–N with tert-alkyl or cyclic N) is 1. The standard InChI is InChI=1S/C10H19NO/c1-8-6-10(12,7-11(8)2)9-4-3-5-9/h8-9,12H,3-7H2,1-2H3. The van der Waals surface area contributed by atoms with Crippen LogP contribution in [0, 0.1) is 5.92 Å². The SMILES string of the molecule is CC1CC(O)(C2CCC2)CN1C. The van der Waals surface area contributed by atoms with E-state index in [1.165, 1.54) is 19.3 Å². The molecule has 2 atom stereocenters. The smallest absolute Gasteiger partial charge is 0.0816 e. The molecule has 2 aliphatic rings. The van der Waals surface area contributed by atoms with Gasteiger partial charge in [-0.3, -0.25) is 0 Å². The minimum atomic E-state index is -0.341. The lowest BCUT2D eigenvalue weighted by molar-refractivity contribution is -0.0398. The summed E-state index contributed by atoms with van der Waals surface area (Å²) in [4.78, 5) is 2.28. The second kappa shape index (κ2) is 2.71. The van der Waals surface area contributed by atoms with Crippen molar-refractivity contribution in [2.24, 2.45) is 5.92 Å². The van der Waals surface area contributed by atoms with Crippen LogP contribution in [0.15, 0.2) is 0 Å². The highest BCUT2D eigenvalue weighted by Gasteiger charge is 2.46. The highest BCUT2D eigenvalue weighted by Crippen LogP contribution is 2.42. The Bertz CT molecular complexity index is 167. The highest BCUT2D eigenvalue weighted by molar-refractivity contribution is 5.00. The van der Waals surface area contributed by atoms with Gasteiger partial charge >= 0.3 is 0 Å². The van der Waals surface area contributed by atoms with Gasteiger partial charge in [0.2, 0.25) is 0 Å². The van der Waals surface area contributed by atoms with Crippen molar-refractivity contribution in [3.63, 3.8) is 0 Å². The molecular weight excluding hydrogens is 150 g/mol. The largest absolute Gasteiger partial charge is 0.388 e. The van der Waals surface area contributed by atoms with Gasteiger partial charge in [-0.25, -0.2) is 0 Å². The van der Waals surface area contributed by atoms with Gasteiger partial charge in [-0.05, 0) is 39.2 Å². The molecule has 2 rings (SSSR count). The lowest BCUT2D eigenvalue weighted by atomic mass is 9.72. The van der Waals surface area contributed by atoms with Gasteiger partial charge < -0.3 is 10.0 Å². The highest BCUT2D eigenvalue weighted by atomic mass is 16.3. The van der Waals surface area contributed by atoms with E-state index in [2.05, 4.69) is 18.9 Å². The van der Waals surface area contributed by atoms with Crippen molar-refractivity contribution in [1.82, 2.24) is 4.90 Å². The van der Waals surface area contributed by atoms with E-state index >= 15 is 0 Å². The van der Waals surface area contributed by atoms with Crippen molar-refractivity contribution in [2.75, 3.05) is 13.6 Å². The third-order valence-corrected chi connectivity index (χ3v) is 3.79. The molecule has 1 aliphatic heterocycles. The second-order valence-electron chi connectivity index (χ2n) is 4.70. The molecule has 2 fully saturated rings. The minimum absolute atomic E-state index is 0.341. The first-order chi connectivity index (χ1) is 5.62. The molecule has 0 amide bonds. The summed E-state index contributed by atoms with van der Waals surface area (Å²) in [6, 6.07) is 0.565. The van der Waals surface area contributed by atoms with E-state index in [1.807, 2.05) is 0 Å². The maximum atomic E-state index is 10.3. The van der Waals surface area contributed by atoms with Crippen LogP contribution in [-0.4, -0.2) is 35.2 Å². The summed E-state index contributed by atoms with van der Waals surface area (Å²) in [5, 5.41) is 10.3. The molecule has 1 N–H and O–H groups in total. The summed E-state index contributed by atoms with van der Waals surface area (Å²) >= 11 is 0. The molecule has 1 saturated carbocycles. The van der Waals surface area contributed by atoms with E-state index in [-0.39, 0.29) is 5.60 Å². The predicted octanol–water partition coefficient (Wildman–Crippen LogP) is 1.24. The Morgan fingerprint density at radius 1 is 1.42 bits per heavy atom. The van der Waals surface area contributed by atoms with Crippen LogP contribution in [-0.2, 0) is 0 Å². The van der Waals surface area contributed by atoms with Crippen LogP contribution >= 0.6 is 0 Å². The van der Waals surface area contributed by atoms with Gasteiger partial charge in [0.15, 0.2) is 0 Å². The van der Waals surface area contributed by atoms with Crippen molar-refractivity contribution >= 4 is 0 Å². The van der Waals surface area contributed by atoms with Gasteiger partial charge in [0.1, 0.15) is 0 Å². The quantitative estimate of drug-likeness (QED) is 0.638. The monoisotopic (exact) mass is 169 g/mol. The third-order valence-electron chi connectivity index (χ3n) is 3.79. The number of rotatable bonds is 1. The molecule has 1 heterocycles. The van der Waals surface area contributed by atoms with Crippen LogP contribution in [0.3, 0.4) is 0 Å². The topological polar surface area (TPSA) is 23.5 Å². The fourth-order valence-corrected chi connectivity index (χ4v) is 2.56. The van der Waals surface area contributed by atoms with Gasteiger partial charge in [0.05, 0.1) is 5.60 Å². The Kier molecular flexibility index (Phi) is 1.92. The molecular formula is C10H19NO. The Balaban J connectivity index is 2.02. The van der Waals surface area contributed by atoms with Crippen molar-refractivity contribution in [3.05, 3.63) is 0 Å². The van der Waals surface area contributed by atoms with Gasteiger partial charge in [-0.2, -0.15) is 0 Å². The molecule has 12 heavy (non-hydrogen) atoms. The first-order valence-corrected chi connectivity index (χ1v) is 5.04. The van der Waals surface area contributed by atoms with Crippen LogP contribution in [0.25, 0.3) is 0 Å². The molecule has 70 valence electrons. The average molecular weight is 169 g/mol. The maximum Gasteiger partial charge on any atom is 0.0816 e. The molecule has 0 spiro atoms.